The van der Waals surface area contributed by atoms with Crippen LogP contribution in [0.1, 0.15) is 47.5 Å². The molecular formula is C28H35N5O4S. The maximum Gasteiger partial charge on any atom is 0.250 e. The number of amides is 2. The van der Waals surface area contributed by atoms with Crippen molar-refractivity contribution in [1.29, 1.82) is 0 Å². The van der Waals surface area contributed by atoms with E-state index in [0.29, 0.717) is 64.0 Å². The molecule has 202 valence electrons. The van der Waals surface area contributed by atoms with E-state index in [1.807, 2.05) is 42.6 Å². The van der Waals surface area contributed by atoms with E-state index >= 15 is 0 Å². The monoisotopic (exact) mass is 537 g/mol. The number of hydrogen-bond acceptors (Lipinski definition) is 5. The van der Waals surface area contributed by atoms with E-state index < -0.39 is 15.9 Å². The fourth-order valence-electron chi connectivity index (χ4n) is 5.84. The van der Waals surface area contributed by atoms with Crippen LogP contribution < -0.4 is 11.5 Å². The van der Waals surface area contributed by atoms with Crippen molar-refractivity contribution < 1.29 is 18.0 Å². The molecule has 2 amide bonds. The molecule has 0 radical (unpaired) electrons. The van der Waals surface area contributed by atoms with Crippen molar-refractivity contribution in [2.75, 3.05) is 38.5 Å². The molecule has 2 aliphatic heterocycles. The molecule has 0 atom stereocenters. The molecule has 2 fully saturated rings. The lowest BCUT2D eigenvalue weighted by Crippen LogP contribution is -2.44. The normalized spacial score (nSPS) is 18.6. The zero-order chi connectivity index (χ0) is 26.9. The van der Waals surface area contributed by atoms with E-state index in [-0.39, 0.29) is 23.5 Å². The second kappa shape index (κ2) is 10.9. The number of H-pyrrole nitrogens is 1. The number of likely N-dealkylation sites (tertiary alicyclic amines) is 1. The van der Waals surface area contributed by atoms with Gasteiger partial charge in [-0.25, -0.2) is 12.7 Å². The summed E-state index contributed by atoms with van der Waals surface area (Å²) in [6, 6.07) is 13.8. The minimum absolute atomic E-state index is 0.0778. The predicted molar refractivity (Wildman–Crippen MR) is 148 cm³/mol. The van der Waals surface area contributed by atoms with E-state index in [2.05, 4.69) is 16.0 Å². The Kier molecular flexibility index (Phi) is 7.56. The average Bonchev–Trinajstić information content (AvgIpc) is 3.36. The zero-order valence-corrected chi connectivity index (χ0v) is 22.3. The van der Waals surface area contributed by atoms with Gasteiger partial charge in [0.2, 0.25) is 15.9 Å². The lowest BCUT2D eigenvalue weighted by molar-refractivity contribution is -0.123. The highest BCUT2D eigenvalue weighted by Crippen LogP contribution is 2.37. The van der Waals surface area contributed by atoms with Gasteiger partial charge >= 0.3 is 0 Å². The van der Waals surface area contributed by atoms with Crippen LogP contribution in [0.15, 0.2) is 48.7 Å². The molecule has 9 nitrogen and oxygen atoms in total. The molecule has 3 heterocycles. The number of aromatic nitrogens is 1. The Hall–Kier alpha value is -3.21. The van der Waals surface area contributed by atoms with Gasteiger partial charge in [-0.3, -0.25) is 9.59 Å². The van der Waals surface area contributed by atoms with Gasteiger partial charge in [0.15, 0.2) is 0 Å². The molecule has 1 aromatic heterocycles. The fraction of sp³-hybridized carbons (Fsp3) is 0.429. The minimum atomic E-state index is -3.38. The fourth-order valence-corrected chi connectivity index (χ4v) is 7.36. The molecule has 0 saturated carbocycles. The van der Waals surface area contributed by atoms with Gasteiger partial charge in [-0.05, 0) is 73.5 Å². The topological polar surface area (TPSA) is 143 Å². The number of rotatable bonds is 8. The Balaban J connectivity index is 1.26. The van der Waals surface area contributed by atoms with Crippen molar-refractivity contribution in [3.63, 3.8) is 0 Å². The molecule has 2 aliphatic rings. The van der Waals surface area contributed by atoms with Gasteiger partial charge in [-0.15, -0.1) is 0 Å². The maximum atomic E-state index is 13.1. The van der Waals surface area contributed by atoms with Gasteiger partial charge in [-0.1, -0.05) is 30.3 Å². The first kappa shape index (κ1) is 26.4. The summed E-state index contributed by atoms with van der Waals surface area (Å²) in [6.07, 6.45) is 4.73. The van der Waals surface area contributed by atoms with Crippen LogP contribution >= 0.6 is 0 Å². The van der Waals surface area contributed by atoms with Gasteiger partial charge in [0.1, 0.15) is 0 Å². The first-order valence-corrected chi connectivity index (χ1v) is 14.8. The number of primary amides is 2. The molecule has 2 saturated heterocycles. The third kappa shape index (κ3) is 5.48. The highest BCUT2D eigenvalue weighted by Gasteiger charge is 2.31. The van der Waals surface area contributed by atoms with Crippen LogP contribution in [0.2, 0.25) is 0 Å². The van der Waals surface area contributed by atoms with E-state index in [4.69, 9.17) is 11.5 Å². The van der Waals surface area contributed by atoms with Crippen molar-refractivity contribution in [1.82, 2.24) is 14.2 Å². The SMILES string of the molecule is NC(=O)c1cc(-c2ccccc2)cc2c(C3CCN(S(=O)(=O)CCN4CCC(C(N)=O)CC4)CC3)c[nH]c12. The van der Waals surface area contributed by atoms with Gasteiger partial charge in [0.25, 0.3) is 5.91 Å². The third-order valence-corrected chi connectivity index (χ3v) is 9.99. The second-order valence-electron chi connectivity index (χ2n) is 10.4. The molecule has 38 heavy (non-hydrogen) atoms. The molecule has 5 rings (SSSR count). The molecule has 5 N–H and O–H groups in total. The largest absolute Gasteiger partial charge is 0.369 e. The predicted octanol–water partition coefficient (Wildman–Crippen LogP) is 2.64. The minimum Gasteiger partial charge on any atom is -0.369 e. The van der Waals surface area contributed by atoms with Crippen LogP contribution in [0, 0.1) is 5.92 Å². The first-order chi connectivity index (χ1) is 18.2. The van der Waals surface area contributed by atoms with Crippen LogP contribution in [-0.2, 0) is 14.8 Å². The Bertz CT molecular complexity index is 1420. The number of nitrogens with one attached hydrogen (secondary N) is 1. The number of aromatic amines is 1. The van der Waals surface area contributed by atoms with E-state index in [0.717, 1.165) is 27.6 Å². The number of sulfonamides is 1. The lowest BCUT2D eigenvalue weighted by Gasteiger charge is -2.33. The number of hydrogen-bond donors (Lipinski definition) is 3. The summed E-state index contributed by atoms with van der Waals surface area (Å²) < 4.78 is 27.8. The highest BCUT2D eigenvalue weighted by atomic mass is 32.2. The Morgan fingerprint density at radius 2 is 1.61 bits per heavy atom. The molecule has 0 aliphatic carbocycles. The van der Waals surface area contributed by atoms with Crippen LogP contribution in [-0.4, -0.2) is 72.9 Å². The first-order valence-electron chi connectivity index (χ1n) is 13.2. The van der Waals surface area contributed by atoms with Gasteiger partial charge < -0.3 is 21.4 Å². The summed E-state index contributed by atoms with van der Waals surface area (Å²) in [7, 11) is -3.38. The van der Waals surface area contributed by atoms with Gasteiger partial charge in [0, 0.05) is 37.1 Å². The molecule has 3 aromatic rings. The Labute approximate surface area is 223 Å². The van der Waals surface area contributed by atoms with Crippen molar-refractivity contribution in [3.8, 4) is 11.1 Å². The molecule has 2 aromatic carbocycles. The Morgan fingerprint density at radius 1 is 0.921 bits per heavy atom. The lowest BCUT2D eigenvalue weighted by atomic mass is 9.88. The van der Waals surface area contributed by atoms with E-state index in [1.54, 1.807) is 4.31 Å². The summed E-state index contributed by atoms with van der Waals surface area (Å²) in [6.45, 7) is 2.79. The van der Waals surface area contributed by atoms with Crippen LogP contribution in [0.3, 0.4) is 0 Å². The van der Waals surface area contributed by atoms with Crippen LogP contribution in [0.5, 0.6) is 0 Å². The second-order valence-corrected chi connectivity index (χ2v) is 12.5. The summed E-state index contributed by atoms with van der Waals surface area (Å²) in [5.74, 6) is -0.601. The zero-order valence-electron chi connectivity index (χ0n) is 21.4. The van der Waals surface area contributed by atoms with Crippen molar-refractivity contribution >= 4 is 32.7 Å². The van der Waals surface area contributed by atoms with Gasteiger partial charge in [-0.2, -0.15) is 0 Å². The quantitative estimate of drug-likeness (QED) is 0.405. The summed E-state index contributed by atoms with van der Waals surface area (Å²) in [5.41, 5.74) is 15.3. The third-order valence-electron chi connectivity index (χ3n) is 8.14. The molecule has 10 heteroatoms. The van der Waals surface area contributed by atoms with Gasteiger partial charge in [0.05, 0.1) is 16.8 Å². The number of nitrogens with zero attached hydrogens (tertiary/aromatic N) is 2. The molecule has 0 unspecified atom stereocenters. The number of benzene rings is 2. The maximum absolute atomic E-state index is 13.1. The molecule has 0 bridgehead atoms. The van der Waals surface area contributed by atoms with E-state index in [9.17, 15) is 18.0 Å². The molecular weight excluding hydrogens is 502 g/mol. The van der Waals surface area contributed by atoms with Crippen molar-refractivity contribution in [2.24, 2.45) is 17.4 Å². The highest BCUT2D eigenvalue weighted by molar-refractivity contribution is 7.89. The van der Waals surface area contributed by atoms with Crippen molar-refractivity contribution in [3.05, 3.63) is 59.8 Å². The summed E-state index contributed by atoms with van der Waals surface area (Å²) >= 11 is 0. The number of carbonyl (C=O) groups is 2. The number of carbonyl (C=O) groups excluding carboxylic acids is 2. The van der Waals surface area contributed by atoms with Crippen LogP contribution in [0.25, 0.3) is 22.0 Å². The summed E-state index contributed by atoms with van der Waals surface area (Å²) in [4.78, 5) is 29.0. The smallest absolute Gasteiger partial charge is 0.250 e. The average molecular weight is 538 g/mol. The standard InChI is InChI=1S/C28H35N5O4S/c29-27(34)21-6-10-32(11-7-21)14-15-38(36,37)33-12-8-20(9-13-33)25-18-31-26-23(25)16-22(17-24(26)28(30)35)19-4-2-1-3-5-19/h1-5,16-18,20-21,31H,6-15H2,(H2,29,34)(H2,30,35). The number of piperidine rings is 2. The number of nitrogens with two attached hydrogens (primary N) is 2. The van der Waals surface area contributed by atoms with Crippen LogP contribution in [0.4, 0.5) is 0 Å². The molecule has 0 spiro atoms. The van der Waals surface area contributed by atoms with E-state index in [1.165, 1.54) is 0 Å². The summed E-state index contributed by atoms with van der Waals surface area (Å²) in [5, 5.41) is 0.959. The number of fused-ring (bicyclic) bond motifs is 1. The Morgan fingerprint density at radius 3 is 2.24 bits per heavy atom. The van der Waals surface area contributed by atoms with Crippen molar-refractivity contribution in [2.45, 2.75) is 31.6 Å².